The van der Waals surface area contributed by atoms with Crippen molar-refractivity contribution in [3.05, 3.63) is 23.8 Å². The number of fused-ring (bicyclic) bond motifs is 1. The first-order chi connectivity index (χ1) is 5.86. The lowest BCUT2D eigenvalue weighted by Crippen LogP contribution is -2.01. The van der Waals surface area contributed by atoms with Gasteiger partial charge in [-0.3, -0.25) is 0 Å². The van der Waals surface area contributed by atoms with Crippen molar-refractivity contribution in [1.29, 1.82) is 0 Å². The van der Waals surface area contributed by atoms with Crippen molar-refractivity contribution in [2.24, 2.45) is 0 Å². The summed E-state index contributed by atoms with van der Waals surface area (Å²) < 4.78 is 0. The molecule has 0 radical (unpaired) electrons. The molecule has 1 aromatic carbocycles. The molecule has 0 aliphatic carbocycles. The second-order valence-electron chi connectivity index (χ2n) is 3.26. The van der Waals surface area contributed by atoms with Gasteiger partial charge in [-0.1, -0.05) is 6.07 Å². The zero-order chi connectivity index (χ0) is 8.39. The lowest BCUT2D eigenvalue weighted by molar-refractivity contribution is 0.928. The van der Waals surface area contributed by atoms with E-state index in [4.69, 9.17) is 0 Å². The molecule has 0 spiro atoms. The van der Waals surface area contributed by atoms with Crippen LogP contribution in [0.5, 0.6) is 0 Å². The second kappa shape index (κ2) is 3.05. The highest BCUT2D eigenvalue weighted by molar-refractivity contribution is 5.70. The monoisotopic (exact) mass is 162 g/mol. The predicted molar refractivity (Wildman–Crippen MR) is 52.8 cm³/mol. The van der Waals surface area contributed by atoms with Gasteiger partial charge in [0.05, 0.1) is 11.4 Å². The minimum atomic E-state index is 1.07. The van der Waals surface area contributed by atoms with E-state index in [1.54, 1.807) is 0 Å². The van der Waals surface area contributed by atoms with Gasteiger partial charge < -0.3 is 10.6 Å². The van der Waals surface area contributed by atoms with Gasteiger partial charge >= 0.3 is 0 Å². The van der Waals surface area contributed by atoms with Gasteiger partial charge in [-0.15, -0.1) is 0 Å². The SMILES string of the molecule is Cc1ccc2c(c1)NCCCN2. The number of rotatable bonds is 0. The Kier molecular flexibility index (Phi) is 1.90. The average Bonchev–Trinajstić information content (AvgIpc) is 2.28. The maximum Gasteiger partial charge on any atom is 0.0578 e. The van der Waals surface area contributed by atoms with Crippen LogP contribution >= 0.6 is 0 Å². The van der Waals surface area contributed by atoms with Crippen LogP contribution in [0.2, 0.25) is 0 Å². The highest BCUT2D eigenvalue weighted by atomic mass is 15.0. The Balaban J connectivity index is 2.36. The van der Waals surface area contributed by atoms with Gasteiger partial charge in [0.15, 0.2) is 0 Å². The number of hydrogen-bond acceptors (Lipinski definition) is 2. The fraction of sp³-hybridized carbons (Fsp3) is 0.400. The summed E-state index contributed by atoms with van der Waals surface area (Å²) in [4.78, 5) is 0. The van der Waals surface area contributed by atoms with Crippen molar-refractivity contribution < 1.29 is 0 Å². The molecule has 2 N–H and O–H groups in total. The molecule has 0 atom stereocenters. The molecule has 0 bridgehead atoms. The van der Waals surface area contributed by atoms with E-state index in [1.165, 1.54) is 23.4 Å². The maximum atomic E-state index is 3.40. The normalized spacial score (nSPS) is 15.4. The highest BCUT2D eigenvalue weighted by Crippen LogP contribution is 2.24. The van der Waals surface area contributed by atoms with Crippen LogP contribution < -0.4 is 10.6 Å². The van der Waals surface area contributed by atoms with Crippen LogP contribution in [0, 0.1) is 6.92 Å². The van der Waals surface area contributed by atoms with E-state index in [0.717, 1.165) is 13.1 Å². The Labute approximate surface area is 73.0 Å². The number of anilines is 2. The van der Waals surface area contributed by atoms with Gasteiger partial charge in [0.2, 0.25) is 0 Å². The Morgan fingerprint density at radius 1 is 1.08 bits per heavy atom. The molecule has 12 heavy (non-hydrogen) atoms. The van der Waals surface area contributed by atoms with E-state index < -0.39 is 0 Å². The number of benzene rings is 1. The van der Waals surface area contributed by atoms with Crippen LogP contribution in [0.25, 0.3) is 0 Å². The maximum absolute atomic E-state index is 3.40. The van der Waals surface area contributed by atoms with Crippen molar-refractivity contribution in [3.8, 4) is 0 Å². The lowest BCUT2D eigenvalue weighted by Gasteiger charge is -2.08. The molecule has 2 heteroatoms. The van der Waals surface area contributed by atoms with Crippen LogP contribution in [0.4, 0.5) is 11.4 Å². The van der Waals surface area contributed by atoms with Crippen LogP contribution in [0.15, 0.2) is 18.2 Å². The average molecular weight is 162 g/mol. The van der Waals surface area contributed by atoms with Gasteiger partial charge in [-0.2, -0.15) is 0 Å². The number of hydrogen-bond donors (Lipinski definition) is 2. The van der Waals surface area contributed by atoms with E-state index in [9.17, 15) is 0 Å². The topological polar surface area (TPSA) is 24.1 Å². The third kappa shape index (κ3) is 1.37. The Bertz CT molecular complexity index is 281. The first kappa shape index (κ1) is 7.47. The van der Waals surface area contributed by atoms with E-state index in [-0.39, 0.29) is 0 Å². The summed E-state index contributed by atoms with van der Waals surface area (Å²) in [5.74, 6) is 0. The number of nitrogens with one attached hydrogen (secondary N) is 2. The summed E-state index contributed by atoms with van der Waals surface area (Å²) in [6.07, 6.45) is 1.19. The van der Waals surface area contributed by atoms with E-state index >= 15 is 0 Å². The second-order valence-corrected chi connectivity index (χ2v) is 3.26. The molecule has 0 aromatic heterocycles. The fourth-order valence-corrected chi connectivity index (χ4v) is 1.49. The van der Waals surface area contributed by atoms with E-state index in [0.29, 0.717) is 0 Å². The van der Waals surface area contributed by atoms with Crippen LogP contribution in [-0.2, 0) is 0 Å². The van der Waals surface area contributed by atoms with Gasteiger partial charge in [0, 0.05) is 13.1 Å². The van der Waals surface area contributed by atoms with Crippen LogP contribution in [0.1, 0.15) is 12.0 Å². The fourth-order valence-electron chi connectivity index (χ4n) is 1.49. The van der Waals surface area contributed by atoms with Crippen molar-refractivity contribution in [2.45, 2.75) is 13.3 Å². The van der Waals surface area contributed by atoms with Crippen molar-refractivity contribution in [2.75, 3.05) is 23.7 Å². The summed E-state index contributed by atoms with van der Waals surface area (Å²) in [6, 6.07) is 6.47. The zero-order valence-electron chi connectivity index (χ0n) is 7.35. The van der Waals surface area contributed by atoms with Gasteiger partial charge in [-0.25, -0.2) is 0 Å². The van der Waals surface area contributed by atoms with Crippen molar-refractivity contribution in [3.63, 3.8) is 0 Å². The quantitative estimate of drug-likeness (QED) is 0.611. The highest BCUT2D eigenvalue weighted by Gasteiger charge is 2.04. The van der Waals surface area contributed by atoms with Crippen molar-refractivity contribution in [1.82, 2.24) is 0 Å². The molecule has 2 nitrogen and oxygen atoms in total. The smallest absolute Gasteiger partial charge is 0.0578 e. The summed E-state index contributed by atoms with van der Waals surface area (Å²) in [6.45, 7) is 4.26. The zero-order valence-corrected chi connectivity index (χ0v) is 7.35. The number of aryl methyl sites for hydroxylation is 1. The Hall–Kier alpha value is -1.18. The molecular weight excluding hydrogens is 148 g/mol. The Morgan fingerprint density at radius 2 is 1.83 bits per heavy atom. The summed E-state index contributed by atoms with van der Waals surface area (Å²) in [5, 5.41) is 6.79. The third-order valence-electron chi connectivity index (χ3n) is 2.16. The first-order valence-corrected chi connectivity index (χ1v) is 4.45. The lowest BCUT2D eigenvalue weighted by atomic mass is 10.2. The summed E-state index contributed by atoms with van der Waals surface area (Å²) >= 11 is 0. The summed E-state index contributed by atoms with van der Waals surface area (Å²) in [7, 11) is 0. The first-order valence-electron chi connectivity index (χ1n) is 4.45. The van der Waals surface area contributed by atoms with Gasteiger partial charge in [0.25, 0.3) is 0 Å². The summed E-state index contributed by atoms with van der Waals surface area (Å²) in [5.41, 5.74) is 3.79. The van der Waals surface area contributed by atoms with Crippen LogP contribution in [-0.4, -0.2) is 13.1 Å². The molecular formula is C10H14N2. The van der Waals surface area contributed by atoms with Gasteiger partial charge in [-0.05, 0) is 31.0 Å². The van der Waals surface area contributed by atoms with E-state index in [1.807, 2.05) is 0 Å². The molecule has 2 rings (SSSR count). The molecule has 0 fully saturated rings. The van der Waals surface area contributed by atoms with E-state index in [2.05, 4.69) is 35.8 Å². The van der Waals surface area contributed by atoms with Gasteiger partial charge in [0.1, 0.15) is 0 Å². The largest absolute Gasteiger partial charge is 0.383 e. The minimum Gasteiger partial charge on any atom is -0.383 e. The molecule has 0 saturated heterocycles. The van der Waals surface area contributed by atoms with Crippen molar-refractivity contribution >= 4 is 11.4 Å². The standard InChI is InChI=1S/C10H14N2/c1-8-3-4-9-10(7-8)12-6-2-5-11-9/h3-4,7,11-12H,2,5-6H2,1H3. The molecule has 1 aromatic rings. The van der Waals surface area contributed by atoms with Crippen LogP contribution in [0.3, 0.4) is 0 Å². The molecule has 1 aliphatic rings. The molecule has 0 saturated carbocycles. The molecule has 0 unspecified atom stereocenters. The molecule has 0 amide bonds. The molecule has 1 aliphatic heterocycles. The molecule has 64 valence electrons. The predicted octanol–water partition coefficient (Wildman–Crippen LogP) is 2.22. The molecule has 1 heterocycles. The Morgan fingerprint density at radius 3 is 2.67 bits per heavy atom. The third-order valence-corrected chi connectivity index (χ3v) is 2.16. The minimum absolute atomic E-state index is 1.07.